The lowest BCUT2D eigenvalue weighted by Gasteiger charge is -2.26. The number of alkyl halides is 1. The van der Waals surface area contributed by atoms with Crippen molar-refractivity contribution in [2.24, 2.45) is 0 Å². The van der Waals surface area contributed by atoms with E-state index < -0.39 is 10.0 Å². The van der Waals surface area contributed by atoms with Gasteiger partial charge >= 0.3 is 0 Å². The third-order valence-corrected chi connectivity index (χ3v) is 5.85. The summed E-state index contributed by atoms with van der Waals surface area (Å²) in [6.45, 7) is 2.50. The first-order chi connectivity index (χ1) is 8.98. The average molecular weight is 304 g/mol. The molecule has 2 unspecified atom stereocenters. The van der Waals surface area contributed by atoms with Crippen molar-refractivity contribution in [1.82, 2.24) is 4.31 Å². The lowest BCUT2D eigenvalue weighted by atomic mass is 10.2. The lowest BCUT2D eigenvalue weighted by Crippen LogP contribution is -2.41. The van der Waals surface area contributed by atoms with Crippen LogP contribution in [-0.4, -0.2) is 38.5 Å². The smallest absolute Gasteiger partial charge is 0.243 e. The van der Waals surface area contributed by atoms with E-state index in [0.717, 1.165) is 6.42 Å². The highest BCUT2D eigenvalue weighted by Gasteiger charge is 2.35. The Hall–Kier alpha value is -0.620. The highest BCUT2D eigenvalue weighted by molar-refractivity contribution is 7.89. The van der Waals surface area contributed by atoms with Gasteiger partial charge in [-0.05, 0) is 25.0 Å². The molecule has 1 aromatic carbocycles. The van der Waals surface area contributed by atoms with E-state index in [-0.39, 0.29) is 22.9 Å². The molecule has 6 heteroatoms. The zero-order valence-electron chi connectivity index (χ0n) is 11.0. The molecule has 1 fully saturated rings. The van der Waals surface area contributed by atoms with E-state index >= 15 is 0 Å². The topological polar surface area (TPSA) is 46.6 Å². The minimum atomic E-state index is -3.53. The van der Waals surface area contributed by atoms with Crippen LogP contribution in [-0.2, 0) is 20.6 Å². The van der Waals surface area contributed by atoms with Crippen LogP contribution in [0.2, 0.25) is 0 Å². The normalized spacial score (nSPS) is 24.0. The largest absolute Gasteiger partial charge is 0.377 e. The van der Waals surface area contributed by atoms with E-state index in [1.165, 1.54) is 4.31 Å². The van der Waals surface area contributed by atoms with Gasteiger partial charge in [0, 0.05) is 19.5 Å². The Morgan fingerprint density at radius 2 is 2.11 bits per heavy atom. The van der Waals surface area contributed by atoms with E-state index in [4.69, 9.17) is 16.3 Å². The van der Waals surface area contributed by atoms with Gasteiger partial charge in [-0.2, -0.15) is 4.31 Å². The molecule has 19 heavy (non-hydrogen) atoms. The van der Waals surface area contributed by atoms with Crippen LogP contribution in [0.5, 0.6) is 0 Å². The number of hydrogen-bond acceptors (Lipinski definition) is 3. The molecule has 0 spiro atoms. The van der Waals surface area contributed by atoms with Crippen LogP contribution in [0.4, 0.5) is 0 Å². The minimum Gasteiger partial charge on any atom is -0.377 e. The summed E-state index contributed by atoms with van der Waals surface area (Å²) in [5, 5.41) is 0. The molecule has 0 aliphatic carbocycles. The quantitative estimate of drug-likeness (QED) is 0.801. The van der Waals surface area contributed by atoms with Gasteiger partial charge in [0.2, 0.25) is 10.0 Å². The second-order valence-electron chi connectivity index (χ2n) is 4.69. The molecule has 0 radical (unpaired) electrons. The predicted octanol–water partition coefficient (Wildman–Crippen LogP) is 2.22. The molecular formula is C13H18ClNO3S. The maximum atomic E-state index is 12.7. The van der Waals surface area contributed by atoms with Crippen molar-refractivity contribution in [3.8, 4) is 0 Å². The molecule has 1 heterocycles. The van der Waals surface area contributed by atoms with Crippen molar-refractivity contribution in [1.29, 1.82) is 0 Å². The van der Waals surface area contributed by atoms with Crippen molar-refractivity contribution in [2.75, 3.05) is 13.7 Å². The maximum absolute atomic E-state index is 12.7. The number of halogens is 1. The molecule has 1 aliphatic heterocycles. The van der Waals surface area contributed by atoms with Crippen LogP contribution in [0.3, 0.4) is 0 Å². The Bertz CT molecular complexity index is 547. The average Bonchev–Trinajstić information content (AvgIpc) is 2.83. The van der Waals surface area contributed by atoms with Crippen LogP contribution in [0.25, 0.3) is 0 Å². The van der Waals surface area contributed by atoms with Crippen LogP contribution in [0.1, 0.15) is 18.9 Å². The fourth-order valence-electron chi connectivity index (χ4n) is 2.40. The van der Waals surface area contributed by atoms with Crippen LogP contribution >= 0.6 is 11.6 Å². The van der Waals surface area contributed by atoms with Gasteiger partial charge in [0.15, 0.2) is 0 Å². The molecule has 106 valence electrons. The monoisotopic (exact) mass is 303 g/mol. The van der Waals surface area contributed by atoms with Gasteiger partial charge in [0.1, 0.15) is 0 Å². The Labute approximate surface area is 119 Å². The standard InChI is InChI=1S/C13H18ClNO3S/c1-10-12(7-8-18-10)15(2)19(16,17)13-6-4-3-5-11(13)9-14/h3-6,10,12H,7-9H2,1-2H3. The fraction of sp³-hybridized carbons (Fsp3) is 0.538. The summed E-state index contributed by atoms with van der Waals surface area (Å²) in [5.41, 5.74) is 0.627. The summed E-state index contributed by atoms with van der Waals surface area (Å²) in [5.74, 6) is 0.181. The zero-order chi connectivity index (χ0) is 14.0. The molecule has 0 amide bonds. The van der Waals surface area contributed by atoms with Gasteiger partial charge in [0.05, 0.1) is 17.0 Å². The number of hydrogen-bond donors (Lipinski definition) is 0. The summed E-state index contributed by atoms with van der Waals surface area (Å²) in [6.07, 6.45) is 0.642. The molecule has 0 saturated carbocycles. The number of likely N-dealkylation sites (N-methyl/N-ethyl adjacent to an activating group) is 1. The Balaban J connectivity index is 2.36. The van der Waals surface area contributed by atoms with Gasteiger partial charge in [-0.15, -0.1) is 11.6 Å². The molecule has 0 N–H and O–H groups in total. The number of nitrogens with zero attached hydrogens (tertiary/aromatic N) is 1. The van der Waals surface area contributed by atoms with Gasteiger partial charge in [-0.25, -0.2) is 8.42 Å². The van der Waals surface area contributed by atoms with E-state index in [0.29, 0.717) is 12.2 Å². The van der Waals surface area contributed by atoms with Gasteiger partial charge in [0.25, 0.3) is 0 Å². The van der Waals surface area contributed by atoms with Crippen molar-refractivity contribution >= 4 is 21.6 Å². The third-order valence-electron chi connectivity index (χ3n) is 3.58. The van der Waals surface area contributed by atoms with E-state index in [1.54, 1.807) is 31.3 Å². The SMILES string of the molecule is CC1OCCC1N(C)S(=O)(=O)c1ccccc1CCl. The summed E-state index contributed by atoms with van der Waals surface area (Å²) < 4.78 is 32.2. The molecule has 0 aromatic heterocycles. The Morgan fingerprint density at radius 3 is 2.68 bits per heavy atom. The number of sulfonamides is 1. The summed E-state index contributed by atoms with van der Waals surface area (Å²) in [7, 11) is -1.92. The van der Waals surface area contributed by atoms with Gasteiger partial charge < -0.3 is 4.74 Å². The summed E-state index contributed by atoms with van der Waals surface area (Å²) >= 11 is 5.82. The first-order valence-corrected chi connectivity index (χ1v) is 8.19. The fourth-order valence-corrected chi connectivity index (χ4v) is 4.38. The highest BCUT2D eigenvalue weighted by atomic mass is 35.5. The molecular weight excluding hydrogens is 286 g/mol. The summed E-state index contributed by atoms with van der Waals surface area (Å²) in [6, 6.07) is 6.73. The van der Waals surface area contributed by atoms with Gasteiger partial charge in [-0.3, -0.25) is 0 Å². The van der Waals surface area contributed by atoms with E-state index in [1.807, 2.05) is 6.92 Å². The maximum Gasteiger partial charge on any atom is 0.243 e. The Kier molecular flexibility index (Phi) is 4.50. The predicted molar refractivity (Wildman–Crippen MR) is 74.8 cm³/mol. The molecule has 2 rings (SSSR count). The first kappa shape index (κ1) is 14.8. The number of benzene rings is 1. The van der Waals surface area contributed by atoms with E-state index in [9.17, 15) is 8.42 Å². The molecule has 1 saturated heterocycles. The van der Waals surface area contributed by atoms with Gasteiger partial charge in [-0.1, -0.05) is 18.2 Å². The lowest BCUT2D eigenvalue weighted by molar-refractivity contribution is 0.102. The summed E-state index contributed by atoms with van der Waals surface area (Å²) in [4.78, 5) is 0.284. The zero-order valence-corrected chi connectivity index (χ0v) is 12.6. The highest BCUT2D eigenvalue weighted by Crippen LogP contribution is 2.27. The van der Waals surface area contributed by atoms with Crippen LogP contribution < -0.4 is 0 Å². The second-order valence-corrected chi connectivity index (χ2v) is 6.93. The molecule has 0 bridgehead atoms. The third kappa shape index (κ3) is 2.79. The first-order valence-electron chi connectivity index (χ1n) is 6.22. The van der Waals surface area contributed by atoms with E-state index in [2.05, 4.69) is 0 Å². The van der Waals surface area contributed by atoms with Crippen LogP contribution in [0.15, 0.2) is 29.2 Å². The molecule has 2 atom stereocenters. The number of ether oxygens (including phenoxy) is 1. The van der Waals surface area contributed by atoms with Crippen molar-refractivity contribution in [2.45, 2.75) is 36.3 Å². The van der Waals surface area contributed by atoms with Crippen molar-refractivity contribution in [3.63, 3.8) is 0 Å². The minimum absolute atomic E-state index is 0.0806. The number of rotatable bonds is 4. The van der Waals surface area contributed by atoms with Crippen molar-refractivity contribution in [3.05, 3.63) is 29.8 Å². The van der Waals surface area contributed by atoms with Crippen LogP contribution in [0, 0.1) is 0 Å². The molecule has 1 aromatic rings. The molecule has 1 aliphatic rings. The van der Waals surface area contributed by atoms with Crippen molar-refractivity contribution < 1.29 is 13.2 Å². The molecule has 4 nitrogen and oxygen atoms in total. The second kappa shape index (κ2) is 5.79. The Morgan fingerprint density at radius 1 is 1.42 bits per heavy atom.